The van der Waals surface area contributed by atoms with Crippen LogP contribution < -0.4 is 0 Å². The molecule has 0 atom stereocenters. The second-order valence-corrected chi connectivity index (χ2v) is 2.30. The van der Waals surface area contributed by atoms with Gasteiger partial charge in [-0.3, -0.25) is 0 Å². The summed E-state index contributed by atoms with van der Waals surface area (Å²) in [7, 11) is 0. The fourth-order valence-electron chi connectivity index (χ4n) is 0.457. The van der Waals surface area contributed by atoms with Crippen molar-refractivity contribution in [2.75, 3.05) is 0 Å². The predicted molar refractivity (Wildman–Crippen MR) is 33.6 cm³/mol. The van der Waals surface area contributed by atoms with Crippen molar-refractivity contribution < 1.29 is 0 Å². The Morgan fingerprint density at radius 2 is 2.62 bits per heavy atom. The molecule has 0 spiro atoms. The topological polar surface area (TPSA) is 25.8 Å². The normalized spacial score (nSPS) is 9.62. The molecule has 0 unspecified atom stereocenters. The van der Waals surface area contributed by atoms with E-state index in [1.165, 1.54) is 11.5 Å². The molecule has 1 rings (SSSR count). The van der Waals surface area contributed by atoms with Crippen LogP contribution in [0.4, 0.5) is 0 Å². The highest BCUT2D eigenvalue weighted by molar-refractivity contribution is 7.05. The lowest BCUT2D eigenvalue weighted by molar-refractivity contribution is 0.977. The summed E-state index contributed by atoms with van der Waals surface area (Å²) in [5.74, 6) is 0. The Balaban J connectivity index is 2.50. The van der Waals surface area contributed by atoms with Crippen molar-refractivity contribution >= 4 is 11.5 Å². The molecule has 0 aliphatic carbocycles. The van der Waals surface area contributed by atoms with Gasteiger partial charge < -0.3 is 0 Å². The maximum Gasteiger partial charge on any atom is 0.129 e. The Bertz CT molecular complexity index is 136. The summed E-state index contributed by atoms with van der Waals surface area (Å²) in [6.45, 7) is 3.70. The quantitative estimate of drug-likeness (QED) is 0.598. The van der Waals surface area contributed by atoms with Crippen molar-refractivity contribution in [1.82, 2.24) is 9.36 Å². The van der Waals surface area contributed by atoms with Crippen LogP contribution in [0, 0.1) is 6.92 Å². The van der Waals surface area contributed by atoms with Gasteiger partial charge in [-0.1, -0.05) is 6.92 Å². The van der Waals surface area contributed by atoms with Gasteiger partial charge in [-0.15, -0.1) is 0 Å². The number of rotatable bonds is 2. The molecule has 1 heterocycles. The molecule has 0 saturated carbocycles. The summed E-state index contributed by atoms with van der Waals surface area (Å²) >= 11 is 1.45. The fourth-order valence-corrected chi connectivity index (χ4v) is 1.00. The maximum atomic E-state index is 3.97. The first kappa shape index (κ1) is 5.69. The van der Waals surface area contributed by atoms with Crippen LogP contribution in [0.25, 0.3) is 0 Å². The van der Waals surface area contributed by atoms with E-state index in [0.29, 0.717) is 0 Å². The maximum absolute atomic E-state index is 3.97. The van der Waals surface area contributed by atoms with Gasteiger partial charge in [-0.05, 0) is 18.0 Å². The zero-order chi connectivity index (χ0) is 5.82. The molecule has 0 aliphatic heterocycles. The highest BCUT2D eigenvalue weighted by Crippen LogP contribution is 2.01. The van der Waals surface area contributed by atoms with Crippen molar-refractivity contribution in [3.63, 3.8) is 0 Å². The van der Waals surface area contributed by atoms with Crippen LogP contribution in [0.15, 0.2) is 6.33 Å². The Hall–Kier alpha value is -0.440. The average molecular weight is 127 g/mol. The lowest BCUT2D eigenvalue weighted by atomic mass is 10.4. The molecule has 2 nitrogen and oxygen atoms in total. The third-order valence-corrected chi connectivity index (χ3v) is 1.52. The minimum absolute atomic E-state index is 0.912. The SMILES string of the molecule is [CH2]CCc1ncns1. The van der Waals surface area contributed by atoms with E-state index in [2.05, 4.69) is 16.3 Å². The number of hydrogen-bond donors (Lipinski definition) is 0. The average Bonchev–Trinajstić information content (AvgIpc) is 2.19. The lowest BCUT2D eigenvalue weighted by Gasteiger charge is -1.82. The van der Waals surface area contributed by atoms with Gasteiger partial charge in [0.05, 0.1) is 0 Å². The van der Waals surface area contributed by atoms with E-state index >= 15 is 0 Å². The standard InChI is InChI=1S/C5H7N2S/c1-2-3-5-6-4-7-8-5/h4H,1-3H2. The molecular weight excluding hydrogens is 120 g/mol. The first-order chi connectivity index (χ1) is 3.93. The van der Waals surface area contributed by atoms with E-state index in [0.717, 1.165) is 17.8 Å². The Kier molecular flexibility index (Phi) is 1.97. The molecule has 3 heteroatoms. The number of aryl methyl sites for hydroxylation is 1. The smallest absolute Gasteiger partial charge is 0.129 e. The summed E-state index contributed by atoms with van der Waals surface area (Å²) < 4.78 is 3.84. The Labute approximate surface area is 52.7 Å². The van der Waals surface area contributed by atoms with Crippen LogP contribution >= 0.6 is 11.5 Å². The van der Waals surface area contributed by atoms with E-state index in [4.69, 9.17) is 0 Å². The minimum atomic E-state index is 0.912. The van der Waals surface area contributed by atoms with Crippen molar-refractivity contribution in [3.05, 3.63) is 18.3 Å². The lowest BCUT2D eigenvalue weighted by Crippen LogP contribution is -1.77. The van der Waals surface area contributed by atoms with Crippen LogP contribution in [-0.2, 0) is 6.42 Å². The van der Waals surface area contributed by atoms with E-state index in [1.807, 2.05) is 0 Å². The predicted octanol–water partition coefficient (Wildman–Crippen LogP) is 1.30. The van der Waals surface area contributed by atoms with Gasteiger partial charge in [-0.25, -0.2) is 4.98 Å². The number of nitrogens with zero attached hydrogens (tertiary/aromatic N) is 2. The molecule has 0 amide bonds. The summed E-state index contributed by atoms with van der Waals surface area (Å²) in [6, 6.07) is 0. The molecule has 1 aromatic heterocycles. The zero-order valence-electron chi connectivity index (χ0n) is 4.50. The summed E-state index contributed by atoms with van der Waals surface area (Å²) in [6.07, 6.45) is 3.45. The molecule has 0 aliphatic rings. The van der Waals surface area contributed by atoms with E-state index in [1.54, 1.807) is 6.33 Å². The van der Waals surface area contributed by atoms with E-state index in [-0.39, 0.29) is 0 Å². The van der Waals surface area contributed by atoms with Crippen molar-refractivity contribution in [2.24, 2.45) is 0 Å². The molecule has 8 heavy (non-hydrogen) atoms. The molecule has 1 radical (unpaired) electrons. The van der Waals surface area contributed by atoms with E-state index in [9.17, 15) is 0 Å². The first-order valence-electron chi connectivity index (χ1n) is 2.48. The molecular formula is C5H7N2S. The monoisotopic (exact) mass is 127 g/mol. The van der Waals surface area contributed by atoms with Gasteiger partial charge in [0, 0.05) is 6.42 Å². The minimum Gasteiger partial charge on any atom is -0.228 e. The van der Waals surface area contributed by atoms with Crippen molar-refractivity contribution in [2.45, 2.75) is 12.8 Å². The third-order valence-electron chi connectivity index (χ3n) is 0.798. The number of hydrogen-bond acceptors (Lipinski definition) is 3. The highest BCUT2D eigenvalue weighted by Gasteiger charge is 1.90. The van der Waals surface area contributed by atoms with Crippen LogP contribution in [0.5, 0.6) is 0 Å². The second kappa shape index (κ2) is 2.77. The molecule has 0 saturated heterocycles. The number of aromatic nitrogens is 2. The first-order valence-corrected chi connectivity index (χ1v) is 3.25. The van der Waals surface area contributed by atoms with E-state index < -0.39 is 0 Å². The fraction of sp³-hybridized carbons (Fsp3) is 0.400. The summed E-state index contributed by atoms with van der Waals surface area (Å²) in [4.78, 5) is 3.97. The van der Waals surface area contributed by atoms with Gasteiger partial charge in [0.15, 0.2) is 0 Å². The third kappa shape index (κ3) is 1.26. The molecule has 0 aromatic carbocycles. The molecule has 43 valence electrons. The zero-order valence-corrected chi connectivity index (χ0v) is 5.32. The second-order valence-electron chi connectivity index (χ2n) is 1.44. The van der Waals surface area contributed by atoms with Gasteiger partial charge >= 0.3 is 0 Å². The molecule has 1 aromatic rings. The summed E-state index contributed by atoms with van der Waals surface area (Å²) in [5, 5.41) is 1.08. The summed E-state index contributed by atoms with van der Waals surface area (Å²) in [5.41, 5.74) is 0. The van der Waals surface area contributed by atoms with Crippen LogP contribution in [-0.4, -0.2) is 9.36 Å². The Morgan fingerprint density at radius 1 is 1.75 bits per heavy atom. The molecule has 0 N–H and O–H groups in total. The molecule has 0 bridgehead atoms. The van der Waals surface area contributed by atoms with Gasteiger partial charge in [0.1, 0.15) is 11.3 Å². The van der Waals surface area contributed by atoms with Gasteiger partial charge in [-0.2, -0.15) is 4.37 Å². The van der Waals surface area contributed by atoms with Crippen molar-refractivity contribution in [3.8, 4) is 0 Å². The highest BCUT2D eigenvalue weighted by atomic mass is 32.1. The van der Waals surface area contributed by atoms with Crippen molar-refractivity contribution in [1.29, 1.82) is 0 Å². The van der Waals surface area contributed by atoms with Crippen LogP contribution in [0.2, 0.25) is 0 Å². The van der Waals surface area contributed by atoms with Crippen LogP contribution in [0.3, 0.4) is 0 Å². The van der Waals surface area contributed by atoms with Gasteiger partial charge in [0.2, 0.25) is 0 Å². The molecule has 0 fully saturated rings. The van der Waals surface area contributed by atoms with Gasteiger partial charge in [0.25, 0.3) is 0 Å². The Morgan fingerprint density at radius 3 is 3.12 bits per heavy atom. The van der Waals surface area contributed by atoms with Crippen LogP contribution in [0.1, 0.15) is 11.4 Å². The largest absolute Gasteiger partial charge is 0.228 e.